The van der Waals surface area contributed by atoms with Crippen molar-refractivity contribution in [1.29, 1.82) is 0 Å². The minimum atomic E-state index is -0.0505. The number of hydrogen-bond donors (Lipinski definition) is 1. The summed E-state index contributed by atoms with van der Waals surface area (Å²) in [6.45, 7) is 6.49. The van der Waals surface area contributed by atoms with Gasteiger partial charge in [0.25, 0.3) is 0 Å². The van der Waals surface area contributed by atoms with Crippen molar-refractivity contribution in [1.82, 2.24) is 4.98 Å². The van der Waals surface area contributed by atoms with E-state index in [0.717, 1.165) is 16.7 Å². The van der Waals surface area contributed by atoms with E-state index in [1.54, 1.807) is 0 Å². The van der Waals surface area contributed by atoms with Crippen molar-refractivity contribution in [3.05, 3.63) is 72.8 Å². The largest absolute Gasteiger partial charge is 0.365 e. The number of rotatable bonds is 2. The molecule has 3 aromatic carbocycles. The average molecular weight is 326 g/mol. The number of nitrogens with one attached hydrogen (secondary N) is 1. The second kappa shape index (κ2) is 5.89. The van der Waals surface area contributed by atoms with E-state index in [1.807, 2.05) is 6.07 Å². The molecule has 1 heterocycles. The van der Waals surface area contributed by atoms with Crippen molar-refractivity contribution in [2.45, 2.75) is 26.3 Å². The molecule has 4 rings (SSSR count). The Kier molecular flexibility index (Phi) is 3.69. The molecular weight excluding hydrogens is 304 g/mol. The molecule has 2 nitrogen and oxygen atoms in total. The maximum Gasteiger partial charge on any atom is 0.135 e. The Labute approximate surface area is 148 Å². The summed E-state index contributed by atoms with van der Waals surface area (Å²) in [4.78, 5) is 5.05. The highest BCUT2D eigenvalue weighted by molar-refractivity contribution is 6.13. The number of para-hydroxylation sites is 1. The van der Waals surface area contributed by atoms with E-state index in [4.69, 9.17) is 4.98 Å². The van der Waals surface area contributed by atoms with Crippen LogP contribution in [-0.4, -0.2) is 10.5 Å². The number of pyridine rings is 1. The fourth-order valence-electron chi connectivity index (χ4n) is 3.28. The van der Waals surface area contributed by atoms with Gasteiger partial charge in [0.1, 0.15) is 5.82 Å². The lowest BCUT2D eigenvalue weighted by molar-refractivity contribution is 0.632. The molecule has 0 radical (unpaired) electrons. The minimum absolute atomic E-state index is 0.0505. The van der Waals surface area contributed by atoms with Crippen LogP contribution in [0.5, 0.6) is 0 Å². The van der Waals surface area contributed by atoms with E-state index in [1.165, 1.54) is 21.9 Å². The number of nitrogens with zero attached hydrogens (tertiary/aromatic N) is 1. The lowest BCUT2D eigenvalue weighted by Crippen LogP contribution is -2.26. The number of anilines is 1. The molecule has 0 amide bonds. The van der Waals surface area contributed by atoms with Crippen LogP contribution in [0.1, 0.15) is 20.8 Å². The Morgan fingerprint density at radius 3 is 2.04 bits per heavy atom. The fraction of sp³-hybridized carbons (Fsp3) is 0.174. The molecule has 0 atom stereocenters. The number of benzene rings is 3. The summed E-state index contributed by atoms with van der Waals surface area (Å²) >= 11 is 0. The first-order valence-electron chi connectivity index (χ1n) is 8.68. The molecule has 2 heteroatoms. The zero-order valence-electron chi connectivity index (χ0n) is 14.9. The van der Waals surface area contributed by atoms with Gasteiger partial charge in [-0.1, -0.05) is 72.8 Å². The van der Waals surface area contributed by atoms with E-state index >= 15 is 0 Å². The predicted molar refractivity (Wildman–Crippen MR) is 108 cm³/mol. The monoisotopic (exact) mass is 326 g/mol. The van der Waals surface area contributed by atoms with Gasteiger partial charge in [0, 0.05) is 21.9 Å². The Morgan fingerprint density at radius 2 is 1.32 bits per heavy atom. The number of fused-ring (bicyclic) bond motifs is 3. The zero-order chi connectivity index (χ0) is 17.4. The van der Waals surface area contributed by atoms with Crippen LogP contribution in [0.15, 0.2) is 72.8 Å². The molecule has 0 bridgehead atoms. The maximum absolute atomic E-state index is 5.05. The van der Waals surface area contributed by atoms with E-state index in [9.17, 15) is 0 Å². The molecule has 0 unspecified atom stereocenters. The second-order valence-corrected chi connectivity index (χ2v) is 7.45. The first-order valence-corrected chi connectivity index (χ1v) is 8.68. The van der Waals surface area contributed by atoms with Crippen LogP contribution < -0.4 is 5.32 Å². The maximum atomic E-state index is 5.05. The molecule has 0 saturated carbocycles. The molecule has 0 spiro atoms. The number of hydrogen-bond acceptors (Lipinski definition) is 2. The van der Waals surface area contributed by atoms with E-state index < -0.39 is 0 Å². The highest BCUT2D eigenvalue weighted by atomic mass is 15.0. The van der Waals surface area contributed by atoms with Crippen LogP contribution in [-0.2, 0) is 0 Å². The fourth-order valence-corrected chi connectivity index (χ4v) is 3.28. The summed E-state index contributed by atoms with van der Waals surface area (Å²) in [6, 6.07) is 25.4. The minimum Gasteiger partial charge on any atom is -0.365 e. The van der Waals surface area contributed by atoms with Gasteiger partial charge in [-0.05, 0) is 31.7 Å². The van der Waals surface area contributed by atoms with Crippen molar-refractivity contribution in [2.24, 2.45) is 0 Å². The highest BCUT2D eigenvalue weighted by Gasteiger charge is 2.16. The summed E-state index contributed by atoms with van der Waals surface area (Å²) in [5, 5.41) is 7.17. The van der Waals surface area contributed by atoms with Crippen LogP contribution in [0.25, 0.3) is 32.8 Å². The lowest BCUT2D eigenvalue weighted by Gasteiger charge is -2.23. The Hall–Kier alpha value is -2.87. The summed E-state index contributed by atoms with van der Waals surface area (Å²) in [7, 11) is 0. The van der Waals surface area contributed by atoms with Gasteiger partial charge >= 0.3 is 0 Å². The molecule has 0 aliphatic heterocycles. The Morgan fingerprint density at radius 1 is 0.680 bits per heavy atom. The third-order valence-corrected chi connectivity index (χ3v) is 4.31. The Balaban J connectivity index is 2.08. The number of aromatic nitrogens is 1. The van der Waals surface area contributed by atoms with Gasteiger partial charge in [-0.25, -0.2) is 4.98 Å². The van der Waals surface area contributed by atoms with Crippen LogP contribution in [0, 0.1) is 0 Å². The van der Waals surface area contributed by atoms with Crippen LogP contribution in [0.2, 0.25) is 0 Å². The molecule has 0 aliphatic carbocycles. The summed E-state index contributed by atoms with van der Waals surface area (Å²) in [5.41, 5.74) is 3.35. The highest BCUT2D eigenvalue weighted by Crippen LogP contribution is 2.35. The van der Waals surface area contributed by atoms with E-state index in [-0.39, 0.29) is 5.54 Å². The van der Waals surface area contributed by atoms with Gasteiger partial charge in [-0.15, -0.1) is 0 Å². The SMILES string of the molecule is CC(C)(C)Nc1nc2c(-c3ccccc3)cccc2c2ccccc12. The van der Waals surface area contributed by atoms with Crippen molar-refractivity contribution in [2.75, 3.05) is 5.32 Å². The average Bonchev–Trinajstić information content (AvgIpc) is 2.61. The van der Waals surface area contributed by atoms with E-state index in [0.29, 0.717) is 0 Å². The quantitative estimate of drug-likeness (QED) is 0.439. The molecule has 0 saturated heterocycles. The molecule has 1 N–H and O–H groups in total. The third-order valence-electron chi connectivity index (χ3n) is 4.31. The van der Waals surface area contributed by atoms with Crippen LogP contribution in [0.3, 0.4) is 0 Å². The van der Waals surface area contributed by atoms with Crippen molar-refractivity contribution in [3.8, 4) is 11.1 Å². The standard InChI is InChI=1S/C23H22N2/c1-23(2,3)25-22-20-13-8-7-12-18(20)19-15-9-14-17(21(19)24-22)16-10-5-4-6-11-16/h4-15H,1-3H3,(H,24,25). The first-order chi connectivity index (χ1) is 12.0. The van der Waals surface area contributed by atoms with Crippen LogP contribution in [0.4, 0.5) is 5.82 Å². The first kappa shape index (κ1) is 15.6. The van der Waals surface area contributed by atoms with Gasteiger partial charge in [0.15, 0.2) is 0 Å². The van der Waals surface area contributed by atoms with Crippen molar-refractivity contribution in [3.63, 3.8) is 0 Å². The van der Waals surface area contributed by atoms with Gasteiger partial charge in [-0.3, -0.25) is 0 Å². The molecule has 4 aromatic rings. The normalized spacial score (nSPS) is 11.8. The molecule has 1 aromatic heterocycles. The lowest BCUT2D eigenvalue weighted by atomic mass is 9.98. The second-order valence-electron chi connectivity index (χ2n) is 7.45. The molecule has 0 fully saturated rings. The van der Waals surface area contributed by atoms with Gasteiger partial charge < -0.3 is 5.32 Å². The molecule has 0 aliphatic rings. The van der Waals surface area contributed by atoms with Gasteiger partial charge in [-0.2, -0.15) is 0 Å². The van der Waals surface area contributed by atoms with Gasteiger partial charge in [0.2, 0.25) is 0 Å². The zero-order valence-corrected chi connectivity index (χ0v) is 14.9. The van der Waals surface area contributed by atoms with Crippen LogP contribution >= 0.6 is 0 Å². The van der Waals surface area contributed by atoms with Crippen molar-refractivity contribution >= 4 is 27.5 Å². The third kappa shape index (κ3) is 2.96. The Bertz CT molecular complexity index is 1040. The molecular formula is C23H22N2. The summed E-state index contributed by atoms with van der Waals surface area (Å²) in [6.07, 6.45) is 0. The van der Waals surface area contributed by atoms with Crippen molar-refractivity contribution < 1.29 is 0 Å². The topological polar surface area (TPSA) is 24.9 Å². The van der Waals surface area contributed by atoms with E-state index in [2.05, 4.69) is 92.8 Å². The van der Waals surface area contributed by atoms with Gasteiger partial charge in [0.05, 0.1) is 5.52 Å². The smallest absolute Gasteiger partial charge is 0.135 e. The summed E-state index contributed by atoms with van der Waals surface area (Å²) in [5.74, 6) is 0.944. The molecule has 124 valence electrons. The molecule has 25 heavy (non-hydrogen) atoms. The predicted octanol–water partition coefficient (Wildman–Crippen LogP) is 6.27. The summed E-state index contributed by atoms with van der Waals surface area (Å²) < 4.78 is 0.